The van der Waals surface area contributed by atoms with Gasteiger partial charge in [-0.2, -0.15) is 0 Å². The van der Waals surface area contributed by atoms with E-state index in [2.05, 4.69) is 17.2 Å². The molecule has 0 spiro atoms. The predicted octanol–water partition coefficient (Wildman–Crippen LogP) is 2.48. The maximum atomic E-state index is 12.0. The average Bonchev–Trinajstić information content (AvgIpc) is 2.58. The molecule has 0 heterocycles. The lowest BCUT2D eigenvalue weighted by molar-refractivity contribution is 0.0827. The molecule has 0 fully saturated rings. The highest BCUT2D eigenvalue weighted by Gasteiger charge is 2.07. The molecule has 0 aliphatic carbocycles. The van der Waals surface area contributed by atoms with Crippen molar-refractivity contribution in [2.24, 2.45) is 0 Å². The maximum Gasteiger partial charge on any atom is 0.253 e. The number of hydrogen-bond acceptors (Lipinski definition) is 2. The molecule has 0 saturated carbocycles. The largest absolute Gasteiger partial charge is 0.345 e. The first-order valence-electron chi connectivity index (χ1n) is 7.63. The molecule has 4 heteroatoms. The summed E-state index contributed by atoms with van der Waals surface area (Å²) in [4.78, 5) is 25.4. The van der Waals surface area contributed by atoms with Gasteiger partial charge in [0.2, 0.25) is 0 Å². The Kier molecular flexibility index (Phi) is 5.75. The van der Waals surface area contributed by atoms with Crippen LogP contribution in [0.3, 0.4) is 0 Å². The third-order valence-electron chi connectivity index (χ3n) is 3.50. The van der Waals surface area contributed by atoms with Crippen molar-refractivity contribution in [3.8, 4) is 11.8 Å². The molecule has 24 heavy (non-hydrogen) atoms. The molecule has 2 rings (SSSR count). The molecular weight excluding hydrogens is 300 g/mol. The van der Waals surface area contributed by atoms with E-state index in [-0.39, 0.29) is 18.4 Å². The van der Waals surface area contributed by atoms with Gasteiger partial charge in [-0.25, -0.2) is 0 Å². The first-order valence-corrected chi connectivity index (χ1v) is 7.63. The summed E-state index contributed by atoms with van der Waals surface area (Å²) in [5.74, 6) is 5.72. The molecule has 0 unspecified atom stereocenters. The molecule has 2 amide bonds. The minimum Gasteiger partial charge on any atom is -0.345 e. The molecule has 0 aromatic heterocycles. The van der Waals surface area contributed by atoms with E-state index in [9.17, 15) is 9.59 Å². The number of nitrogens with one attached hydrogen (secondary N) is 1. The maximum absolute atomic E-state index is 12.0. The van der Waals surface area contributed by atoms with Crippen LogP contribution in [-0.2, 0) is 0 Å². The van der Waals surface area contributed by atoms with Crippen molar-refractivity contribution in [2.45, 2.75) is 6.92 Å². The van der Waals surface area contributed by atoms with Crippen LogP contribution < -0.4 is 5.32 Å². The van der Waals surface area contributed by atoms with E-state index in [1.54, 1.807) is 44.4 Å². The van der Waals surface area contributed by atoms with Crippen molar-refractivity contribution in [2.75, 3.05) is 20.6 Å². The van der Waals surface area contributed by atoms with E-state index in [1.807, 2.05) is 25.1 Å². The van der Waals surface area contributed by atoms with Crippen LogP contribution in [0.15, 0.2) is 48.5 Å². The number of benzene rings is 2. The Balaban J connectivity index is 1.93. The highest BCUT2D eigenvalue weighted by Crippen LogP contribution is 2.06. The summed E-state index contributed by atoms with van der Waals surface area (Å²) >= 11 is 0. The fourth-order valence-corrected chi connectivity index (χ4v) is 2.15. The lowest BCUT2D eigenvalue weighted by Gasteiger charge is -2.09. The molecule has 0 atom stereocenters. The second-order valence-electron chi connectivity index (χ2n) is 5.58. The Bertz CT molecular complexity index is 796. The normalized spacial score (nSPS) is 9.62. The number of rotatable bonds is 3. The summed E-state index contributed by atoms with van der Waals surface area (Å²) in [5, 5.41) is 2.78. The van der Waals surface area contributed by atoms with Gasteiger partial charge in [0.25, 0.3) is 11.8 Å². The molecule has 0 radical (unpaired) electrons. The molecule has 1 N–H and O–H groups in total. The number of hydrogen-bond donors (Lipinski definition) is 1. The van der Waals surface area contributed by atoms with Gasteiger partial charge in [0.05, 0.1) is 6.54 Å². The Labute approximate surface area is 142 Å². The van der Waals surface area contributed by atoms with Crippen LogP contribution in [0.4, 0.5) is 0 Å². The standard InChI is InChI=1S/C20H20N2O2/c1-15-7-4-5-9-18(15)19(23)21-14-6-8-16-10-12-17(13-11-16)20(24)22(2)3/h4-5,7,9-13H,14H2,1-3H3,(H,21,23). The van der Waals surface area contributed by atoms with Gasteiger partial charge in [0, 0.05) is 30.8 Å². The van der Waals surface area contributed by atoms with Crippen LogP contribution >= 0.6 is 0 Å². The van der Waals surface area contributed by atoms with E-state index in [0.29, 0.717) is 11.1 Å². The van der Waals surface area contributed by atoms with Crippen molar-refractivity contribution in [3.63, 3.8) is 0 Å². The number of carbonyl (C=O) groups excluding carboxylic acids is 2. The van der Waals surface area contributed by atoms with Gasteiger partial charge in [0.15, 0.2) is 0 Å². The Morgan fingerprint density at radius 2 is 1.71 bits per heavy atom. The van der Waals surface area contributed by atoms with E-state index in [1.165, 1.54) is 4.90 Å². The smallest absolute Gasteiger partial charge is 0.253 e. The lowest BCUT2D eigenvalue weighted by Crippen LogP contribution is -2.24. The molecule has 4 nitrogen and oxygen atoms in total. The second-order valence-corrected chi connectivity index (χ2v) is 5.58. The van der Waals surface area contributed by atoms with Gasteiger partial charge >= 0.3 is 0 Å². The highest BCUT2D eigenvalue weighted by molar-refractivity contribution is 5.95. The number of carbonyl (C=O) groups is 2. The van der Waals surface area contributed by atoms with Crippen LogP contribution in [0.25, 0.3) is 0 Å². The Morgan fingerprint density at radius 3 is 2.33 bits per heavy atom. The highest BCUT2D eigenvalue weighted by atomic mass is 16.2. The van der Waals surface area contributed by atoms with Crippen molar-refractivity contribution < 1.29 is 9.59 Å². The SMILES string of the molecule is Cc1ccccc1C(=O)NCC#Cc1ccc(C(=O)N(C)C)cc1. The molecular formula is C20H20N2O2. The third-order valence-corrected chi connectivity index (χ3v) is 3.50. The topological polar surface area (TPSA) is 49.4 Å². The minimum absolute atomic E-state index is 0.0417. The number of aryl methyl sites for hydroxylation is 1. The summed E-state index contributed by atoms with van der Waals surface area (Å²) in [6, 6.07) is 14.5. The Morgan fingerprint density at radius 1 is 1.04 bits per heavy atom. The quantitative estimate of drug-likeness (QED) is 0.883. The Hall–Kier alpha value is -3.06. The van der Waals surface area contributed by atoms with Gasteiger partial charge in [-0.1, -0.05) is 30.0 Å². The average molecular weight is 320 g/mol. The zero-order valence-electron chi connectivity index (χ0n) is 14.1. The first kappa shape index (κ1) is 17.3. The van der Waals surface area contributed by atoms with E-state index < -0.39 is 0 Å². The summed E-state index contributed by atoms with van der Waals surface area (Å²) in [6.07, 6.45) is 0. The van der Waals surface area contributed by atoms with Crippen molar-refractivity contribution in [1.82, 2.24) is 10.2 Å². The van der Waals surface area contributed by atoms with E-state index in [0.717, 1.165) is 11.1 Å². The van der Waals surface area contributed by atoms with Gasteiger partial charge in [-0.05, 0) is 42.8 Å². The van der Waals surface area contributed by atoms with Crippen LogP contribution in [0.1, 0.15) is 31.8 Å². The van der Waals surface area contributed by atoms with Crippen LogP contribution in [0.2, 0.25) is 0 Å². The molecule has 0 aliphatic heterocycles. The molecule has 0 aliphatic rings. The van der Waals surface area contributed by atoms with Gasteiger partial charge in [-0.3, -0.25) is 9.59 Å². The third kappa shape index (κ3) is 4.47. The first-order chi connectivity index (χ1) is 11.5. The molecule has 122 valence electrons. The van der Waals surface area contributed by atoms with E-state index >= 15 is 0 Å². The van der Waals surface area contributed by atoms with Gasteiger partial charge < -0.3 is 10.2 Å². The number of amides is 2. The van der Waals surface area contributed by atoms with Gasteiger partial charge in [-0.15, -0.1) is 0 Å². The second kappa shape index (κ2) is 7.98. The summed E-state index contributed by atoms with van der Waals surface area (Å²) in [7, 11) is 3.43. The van der Waals surface area contributed by atoms with Crippen molar-refractivity contribution >= 4 is 11.8 Å². The monoisotopic (exact) mass is 320 g/mol. The summed E-state index contributed by atoms with van der Waals surface area (Å²) in [6.45, 7) is 2.17. The molecule has 0 saturated heterocycles. The van der Waals surface area contributed by atoms with Crippen LogP contribution in [0.5, 0.6) is 0 Å². The zero-order valence-corrected chi connectivity index (χ0v) is 14.1. The summed E-state index contributed by atoms with van der Waals surface area (Å²) in [5.41, 5.74) is 3.02. The fourth-order valence-electron chi connectivity index (χ4n) is 2.15. The number of nitrogens with zero attached hydrogens (tertiary/aromatic N) is 1. The van der Waals surface area contributed by atoms with E-state index in [4.69, 9.17) is 0 Å². The van der Waals surface area contributed by atoms with Crippen molar-refractivity contribution in [1.29, 1.82) is 0 Å². The predicted molar refractivity (Wildman–Crippen MR) is 94.8 cm³/mol. The molecule has 2 aromatic rings. The summed E-state index contributed by atoms with van der Waals surface area (Å²) < 4.78 is 0. The van der Waals surface area contributed by atoms with Crippen LogP contribution in [-0.4, -0.2) is 37.4 Å². The minimum atomic E-state index is -0.130. The van der Waals surface area contributed by atoms with Gasteiger partial charge in [0.1, 0.15) is 0 Å². The lowest BCUT2D eigenvalue weighted by atomic mass is 10.1. The zero-order chi connectivity index (χ0) is 17.5. The molecule has 2 aromatic carbocycles. The molecule has 0 bridgehead atoms. The van der Waals surface area contributed by atoms with Crippen LogP contribution in [0, 0.1) is 18.8 Å². The van der Waals surface area contributed by atoms with Crippen molar-refractivity contribution in [3.05, 3.63) is 70.8 Å². The fraction of sp³-hybridized carbons (Fsp3) is 0.200.